The summed E-state index contributed by atoms with van der Waals surface area (Å²) >= 11 is 0. The molecule has 19 heavy (non-hydrogen) atoms. The molecule has 0 rings (SSSR count). The Bertz CT molecular complexity index is 220. The highest BCUT2D eigenvalue weighted by Gasteiger charge is 2.12. The van der Waals surface area contributed by atoms with E-state index in [2.05, 4.69) is 18.6 Å². The molecule has 0 aromatic heterocycles. The minimum absolute atomic E-state index is 0.0307. The van der Waals surface area contributed by atoms with Gasteiger partial charge >= 0.3 is 6.16 Å². The average Bonchev–Trinajstić information content (AvgIpc) is 2.40. The Morgan fingerprint density at radius 1 is 1.05 bits per heavy atom. The number of carbonyl (C=O) groups is 1. The molecule has 0 heterocycles. The Labute approximate surface area is 116 Å². The van der Waals surface area contributed by atoms with E-state index in [4.69, 9.17) is 14.6 Å². The normalized spacial score (nSPS) is 14.1. The molecule has 0 spiro atoms. The van der Waals surface area contributed by atoms with Crippen molar-refractivity contribution in [3.63, 3.8) is 0 Å². The lowest BCUT2D eigenvalue weighted by Gasteiger charge is -2.21. The van der Waals surface area contributed by atoms with Gasteiger partial charge in [0.2, 0.25) is 0 Å². The summed E-state index contributed by atoms with van der Waals surface area (Å²) in [5, 5.41) is 8.39. The minimum atomic E-state index is -1.23. The van der Waals surface area contributed by atoms with Gasteiger partial charge in [0.1, 0.15) is 0 Å². The van der Waals surface area contributed by atoms with Crippen molar-refractivity contribution in [3.05, 3.63) is 0 Å². The van der Waals surface area contributed by atoms with Crippen LogP contribution in [0.4, 0.5) is 4.79 Å². The van der Waals surface area contributed by atoms with Gasteiger partial charge in [-0.15, -0.1) is 0 Å². The smallest absolute Gasteiger partial charge is 0.450 e. The van der Waals surface area contributed by atoms with Gasteiger partial charge in [-0.2, -0.15) is 0 Å². The molecule has 5 nitrogen and oxygen atoms in total. The Balaban J connectivity index is 3.79. The van der Waals surface area contributed by atoms with Crippen LogP contribution in [0.1, 0.15) is 52.9 Å². The Morgan fingerprint density at radius 2 is 1.74 bits per heavy atom. The molecule has 0 amide bonds. The number of rotatable bonds is 12. The van der Waals surface area contributed by atoms with Gasteiger partial charge in [0.15, 0.2) is 0 Å². The standard InChI is InChI=1S/C14H28O5/c1-4-7-9-17-13(6-3)11-19-12(5-2)8-10-18-14(15)16/h12-13H,4-11H2,1-3H3,(H,15,16). The van der Waals surface area contributed by atoms with Crippen molar-refractivity contribution in [1.82, 2.24) is 0 Å². The minimum Gasteiger partial charge on any atom is -0.450 e. The monoisotopic (exact) mass is 276 g/mol. The van der Waals surface area contributed by atoms with Gasteiger partial charge in [0.25, 0.3) is 0 Å². The fourth-order valence-corrected chi connectivity index (χ4v) is 1.60. The van der Waals surface area contributed by atoms with Crippen molar-refractivity contribution in [2.75, 3.05) is 19.8 Å². The number of unbranched alkanes of at least 4 members (excludes halogenated alkanes) is 1. The van der Waals surface area contributed by atoms with Crippen LogP contribution in [0.25, 0.3) is 0 Å². The van der Waals surface area contributed by atoms with Crippen molar-refractivity contribution >= 4 is 6.16 Å². The quantitative estimate of drug-likeness (QED) is 0.437. The maximum atomic E-state index is 10.2. The summed E-state index contributed by atoms with van der Waals surface area (Å²) in [6.07, 6.45) is 3.48. The molecule has 0 saturated heterocycles. The van der Waals surface area contributed by atoms with Crippen LogP contribution in [-0.2, 0) is 14.2 Å². The van der Waals surface area contributed by atoms with Crippen LogP contribution in [0.5, 0.6) is 0 Å². The van der Waals surface area contributed by atoms with Gasteiger partial charge < -0.3 is 19.3 Å². The Kier molecular flexibility index (Phi) is 11.7. The van der Waals surface area contributed by atoms with Crippen LogP contribution in [0.15, 0.2) is 0 Å². The van der Waals surface area contributed by atoms with Gasteiger partial charge in [0.05, 0.1) is 25.4 Å². The first-order valence-corrected chi connectivity index (χ1v) is 7.22. The van der Waals surface area contributed by atoms with Crippen LogP contribution in [0.2, 0.25) is 0 Å². The number of ether oxygens (including phenoxy) is 3. The largest absolute Gasteiger partial charge is 0.505 e. The predicted molar refractivity (Wildman–Crippen MR) is 73.6 cm³/mol. The topological polar surface area (TPSA) is 65.0 Å². The van der Waals surface area contributed by atoms with E-state index in [-0.39, 0.29) is 18.8 Å². The second-order valence-corrected chi connectivity index (χ2v) is 4.52. The zero-order valence-electron chi connectivity index (χ0n) is 12.4. The van der Waals surface area contributed by atoms with Gasteiger partial charge in [-0.1, -0.05) is 27.2 Å². The van der Waals surface area contributed by atoms with Gasteiger partial charge in [-0.05, 0) is 19.3 Å². The van der Waals surface area contributed by atoms with Crippen molar-refractivity contribution in [2.24, 2.45) is 0 Å². The molecule has 2 atom stereocenters. The summed E-state index contributed by atoms with van der Waals surface area (Å²) in [6, 6.07) is 0. The molecule has 1 N–H and O–H groups in total. The molecule has 0 aliphatic heterocycles. The first-order chi connectivity index (χ1) is 9.13. The fourth-order valence-electron chi connectivity index (χ4n) is 1.60. The van der Waals surface area contributed by atoms with Gasteiger partial charge in [0, 0.05) is 13.0 Å². The van der Waals surface area contributed by atoms with Crippen LogP contribution in [-0.4, -0.2) is 43.3 Å². The third kappa shape index (κ3) is 10.8. The van der Waals surface area contributed by atoms with E-state index in [1.165, 1.54) is 0 Å². The molecule has 5 heteroatoms. The van der Waals surface area contributed by atoms with E-state index < -0.39 is 6.16 Å². The number of hydrogen-bond donors (Lipinski definition) is 1. The maximum absolute atomic E-state index is 10.2. The van der Waals surface area contributed by atoms with Crippen molar-refractivity contribution in [3.8, 4) is 0 Å². The highest BCUT2D eigenvalue weighted by Crippen LogP contribution is 2.08. The molecule has 0 aromatic rings. The van der Waals surface area contributed by atoms with Crippen molar-refractivity contribution in [1.29, 1.82) is 0 Å². The van der Waals surface area contributed by atoms with E-state index in [0.717, 1.165) is 32.3 Å². The lowest BCUT2D eigenvalue weighted by atomic mass is 10.2. The SMILES string of the molecule is CCCCOC(CC)COC(CC)CCOC(=O)O. The van der Waals surface area contributed by atoms with E-state index in [1.54, 1.807) is 0 Å². The lowest BCUT2D eigenvalue weighted by molar-refractivity contribution is -0.0534. The van der Waals surface area contributed by atoms with Gasteiger partial charge in [-0.25, -0.2) is 4.79 Å². The Hall–Kier alpha value is -0.810. The van der Waals surface area contributed by atoms with Crippen molar-refractivity contribution < 1.29 is 24.1 Å². The molecule has 0 aliphatic rings. The predicted octanol–water partition coefficient (Wildman–Crippen LogP) is 3.46. The lowest BCUT2D eigenvalue weighted by Crippen LogP contribution is -2.25. The molecule has 0 radical (unpaired) electrons. The van der Waals surface area contributed by atoms with Crippen LogP contribution in [0, 0.1) is 0 Å². The zero-order chi connectivity index (χ0) is 14.5. The highest BCUT2D eigenvalue weighted by atomic mass is 16.7. The van der Waals surface area contributed by atoms with Gasteiger partial charge in [-0.3, -0.25) is 0 Å². The molecule has 0 aliphatic carbocycles. The fraction of sp³-hybridized carbons (Fsp3) is 0.929. The highest BCUT2D eigenvalue weighted by molar-refractivity contribution is 5.56. The first-order valence-electron chi connectivity index (χ1n) is 7.22. The van der Waals surface area contributed by atoms with E-state index in [9.17, 15) is 4.79 Å². The van der Waals surface area contributed by atoms with E-state index in [1.807, 2.05) is 6.92 Å². The van der Waals surface area contributed by atoms with Crippen LogP contribution >= 0.6 is 0 Å². The summed E-state index contributed by atoms with van der Waals surface area (Å²) in [7, 11) is 0. The summed E-state index contributed by atoms with van der Waals surface area (Å²) < 4.78 is 16.0. The summed E-state index contributed by atoms with van der Waals surface area (Å²) in [5.74, 6) is 0. The third-order valence-electron chi connectivity index (χ3n) is 2.95. The maximum Gasteiger partial charge on any atom is 0.505 e. The summed E-state index contributed by atoms with van der Waals surface area (Å²) in [4.78, 5) is 10.2. The average molecular weight is 276 g/mol. The second kappa shape index (κ2) is 12.2. The van der Waals surface area contributed by atoms with Crippen LogP contribution < -0.4 is 0 Å². The summed E-state index contributed by atoms with van der Waals surface area (Å²) in [6.45, 7) is 7.75. The molecule has 0 fully saturated rings. The summed E-state index contributed by atoms with van der Waals surface area (Å²) in [5.41, 5.74) is 0. The molecule has 0 aromatic carbocycles. The zero-order valence-corrected chi connectivity index (χ0v) is 12.4. The Morgan fingerprint density at radius 3 is 2.26 bits per heavy atom. The van der Waals surface area contributed by atoms with Crippen LogP contribution in [0.3, 0.4) is 0 Å². The van der Waals surface area contributed by atoms with Crippen molar-refractivity contribution in [2.45, 2.75) is 65.1 Å². The number of hydrogen-bond acceptors (Lipinski definition) is 4. The molecule has 2 unspecified atom stereocenters. The number of carboxylic acid groups (broad SMARTS) is 1. The second-order valence-electron chi connectivity index (χ2n) is 4.52. The third-order valence-corrected chi connectivity index (χ3v) is 2.95. The first kappa shape index (κ1) is 18.2. The molecule has 114 valence electrons. The van der Waals surface area contributed by atoms with E-state index >= 15 is 0 Å². The molecular formula is C14H28O5. The molecule has 0 saturated carbocycles. The molecular weight excluding hydrogens is 248 g/mol. The molecule has 0 bridgehead atoms. The van der Waals surface area contributed by atoms with E-state index in [0.29, 0.717) is 13.0 Å².